The summed E-state index contributed by atoms with van der Waals surface area (Å²) in [5.41, 5.74) is 3.62. The van der Waals surface area contributed by atoms with E-state index >= 15 is 0 Å². The van der Waals surface area contributed by atoms with Crippen molar-refractivity contribution in [3.05, 3.63) is 92.2 Å². The highest BCUT2D eigenvalue weighted by Crippen LogP contribution is 2.29. The van der Waals surface area contributed by atoms with E-state index in [-0.39, 0.29) is 28.8 Å². The number of nitro benzene ring substituents is 1. The summed E-state index contributed by atoms with van der Waals surface area (Å²) >= 11 is 6.02. The van der Waals surface area contributed by atoms with Gasteiger partial charge in [0.25, 0.3) is 5.69 Å². The van der Waals surface area contributed by atoms with Crippen LogP contribution in [0.15, 0.2) is 54.6 Å². The third-order valence-corrected chi connectivity index (χ3v) is 5.12. The van der Waals surface area contributed by atoms with Crippen LogP contribution in [0, 0.1) is 24.0 Å². The van der Waals surface area contributed by atoms with E-state index in [9.17, 15) is 14.9 Å². The van der Waals surface area contributed by atoms with Gasteiger partial charge in [-0.3, -0.25) is 14.9 Å². The number of ketones is 1. The highest BCUT2D eigenvalue weighted by molar-refractivity contribution is 6.32. The maximum absolute atomic E-state index is 12.7. The number of ether oxygens (including phenoxy) is 1. The summed E-state index contributed by atoms with van der Waals surface area (Å²) < 4.78 is 7.63. The first-order chi connectivity index (χ1) is 13.9. The summed E-state index contributed by atoms with van der Waals surface area (Å²) in [6, 6.07) is 16.0. The molecule has 0 spiro atoms. The molecule has 0 amide bonds. The van der Waals surface area contributed by atoms with Crippen LogP contribution in [0.4, 0.5) is 5.69 Å². The molecule has 7 heteroatoms. The molecule has 0 bridgehead atoms. The van der Waals surface area contributed by atoms with Crippen LogP contribution in [0.5, 0.6) is 5.75 Å². The average Bonchev–Trinajstić information content (AvgIpc) is 2.99. The molecule has 2 aromatic carbocycles. The summed E-state index contributed by atoms with van der Waals surface area (Å²) in [6.07, 6.45) is 0.875. The van der Waals surface area contributed by atoms with E-state index in [0.29, 0.717) is 5.56 Å². The zero-order valence-electron chi connectivity index (χ0n) is 16.2. The normalized spacial score (nSPS) is 10.7. The second kappa shape index (κ2) is 8.92. The molecular formula is C22H21ClN2O4. The Bertz CT molecular complexity index is 1040. The molecule has 0 saturated carbocycles. The van der Waals surface area contributed by atoms with Gasteiger partial charge in [0.15, 0.2) is 6.61 Å². The molecule has 150 valence electrons. The summed E-state index contributed by atoms with van der Waals surface area (Å²) in [6.45, 7) is 4.48. The molecule has 0 radical (unpaired) electrons. The number of halogens is 1. The topological polar surface area (TPSA) is 74.4 Å². The summed E-state index contributed by atoms with van der Waals surface area (Å²) in [5, 5.41) is 10.9. The van der Waals surface area contributed by atoms with Crippen LogP contribution in [0.3, 0.4) is 0 Å². The largest absolute Gasteiger partial charge is 0.484 e. The fourth-order valence-electron chi connectivity index (χ4n) is 3.25. The van der Waals surface area contributed by atoms with Crippen LogP contribution in [-0.2, 0) is 13.0 Å². The minimum Gasteiger partial charge on any atom is -0.484 e. The number of carbonyl (C=O) groups is 1. The lowest BCUT2D eigenvalue weighted by atomic mass is 10.1. The van der Waals surface area contributed by atoms with Crippen molar-refractivity contribution in [2.45, 2.75) is 26.8 Å². The number of nitro groups is 1. The number of non-ortho nitro benzene ring substituents is 1. The fraction of sp³-hybridized carbons (Fsp3) is 0.227. The van der Waals surface area contributed by atoms with Crippen LogP contribution in [-0.4, -0.2) is 21.9 Å². The standard InChI is InChI=1S/C22H21ClN2O4/c1-15-12-19(16(2)24(15)11-10-17-6-4-3-5-7-17)21(26)14-29-22-9-8-18(25(27)28)13-20(22)23/h3-9,12-13H,10-11,14H2,1-2H3. The van der Waals surface area contributed by atoms with Crippen LogP contribution in [0.2, 0.25) is 5.02 Å². The number of aryl methyl sites for hydroxylation is 2. The predicted molar refractivity (Wildman–Crippen MR) is 112 cm³/mol. The monoisotopic (exact) mass is 412 g/mol. The van der Waals surface area contributed by atoms with E-state index in [2.05, 4.69) is 16.7 Å². The first-order valence-corrected chi connectivity index (χ1v) is 9.55. The number of hydrogen-bond acceptors (Lipinski definition) is 4. The zero-order chi connectivity index (χ0) is 21.0. The quantitative estimate of drug-likeness (QED) is 0.290. The molecule has 0 saturated heterocycles. The molecule has 0 fully saturated rings. The SMILES string of the molecule is Cc1cc(C(=O)COc2ccc([N+](=O)[O-])cc2Cl)c(C)n1CCc1ccccc1. The number of hydrogen-bond donors (Lipinski definition) is 0. The van der Waals surface area contributed by atoms with Gasteiger partial charge in [-0.1, -0.05) is 41.9 Å². The highest BCUT2D eigenvalue weighted by atomic mass is 35.5. The predicted octanol–water partition coefficient (Wildman–Crippen LogP) is 5.17. The fourth-order valence-corrected chi connectivity index (χ4v) is 3.48. The molecule has 3 aromatic rings. The maximum Gasteiger partial charge on any atom is 0.271 e. The number of benzene rings is 2. The van der Waals surface area contributed by atoms with Gasteiger partial charge in [-0.15, -0.1) is 0 Å². The van der Waals surface area contributed by atoms with Gasteiger partial charge in [-0.05, 0) is 38.0 Å². The Kier molecular flexibility index (Phi) is 6.34. The Morgan fingerprint density at radius 3 is 2.52 bits per heavy atom. The third kappa shape index (κ3) is 4.84. The molecule has 0 atom stereocenters. The van der Waals surface area contributed by atoms with Crippen molar-refractivity contribution in [1.82, 2.24) is 4.57 Å². The van der Waals surface area contributed by atoms with Gasteiger partial charge in [0, 0.05) is 35.6 Å². The van der Waals surface area contributed by atoms with Gasteiger partial charge in [-0.25, -0.2) is 0 Å². The molecule has 3 rings (SSSR count). The Hall–Kier alpha value is -3.12. The molecule has 0 N–H and O–H groups in total. The van der Waals surface area contributed by atoms with Gasteiger partial charge in [-0.2, -0.15) is 0 Å². The van der Waals surface area contributed by atoms with Crippen LogP contribution >= 0.6 is 11.6 Å². The van der Waals surface area contributed by atoms with Gasteiger partial charge in [0.1, 0.15) is 5.75 Å². The van der Waals surface area contributed by atoms with Crippen LogP contribution in [0.1, 0.15) is 27.3 Å². The second-order valence-corrected chi connectivity index (χ2v) is 7.16. The minimum absolute atomic E-state index is 0.0975. The zero-order valence-corrected chi connectivity index (χ0v) is 17.0. The van der Waals surface area contributed by atoms with Gasteiger partial charge >= 0.3 is 0 Å². The number of rotatable bonds is 8. The summed E-state index contributed by atoms with van der Waals surface area (Å²) in [4.78, 5) is 22.9. The minimum atomic E-state index is -0.537. The molecule has 6 nitrogen and oxygen atoms in total. The van der Waals surface area contributed by atoms with Gasteiger partial charge in [0.2, 0.25) is 5.78 Å². The van der Waals surface area contributed by atoms with Crippen molar-refractivity contribution in [2.75, 3.05) is 6.61 Å². The Balaban J connectivity index is 1.67. The lowest BCUT2D eigenvalue weighted by Crippen LogP contribution is -2.13. The van der Waals surface area contributed by atoms with Crippen molar-refractivity contribution in [3.8, 4) is 5.75 Å². The van der Waals surface area contributed by atoms with Crippen molar-refractivity contribution in [2.24, 2.45) is 0 Å². The lowest BCUT2D eigenvalue weighted by Gasteiger charge is -2.10. The van der Waals surface area contributed by atoms with E-state index in [1.165, 1.54) is 23.8 Å². The third-order valence-electron chi connectivity index (χ3n) is 4.83. The molecule has 1 heterocycles. The first kappa shape index (κ1) is 20.6. The molecule has 0 aliphatic rings. The second-order valence-electron chi connectivity index (χ2n) is 6.76. The van der Waals surface area contributed by atoms with Gasteiger partial charge < -0.3 is 9.30 Å². The van der Waals surface area contributed by atoms with Crippen molar-refractivity contribution in [1.29, 1.82) is 0 Å². The van der Waals surface area contributed by atoms with Gasteiger partial charge in [0.05, 0.1) is 9.95 Å². The molecule has 29 heavy (non-hydrogen) atoms. The number of carbonyl (C=O) groups excluding carboxylic acids is 1. The van der Waals surface area contributed by atoms with E-state index < -0.39 is 4.92 Å². The van der Waals surface area contributed by atoms with Crippen LogP contribution < -0.4 is 4.74 Å². The molecule has 0 aliphatic heterocycles. The average molecular weight is 413 g/mol. The molecule has 0 aliphatic carbocycles. The summed E-state index contributed by atoms with van der Waals surface area (Å²) in [5.74, 6) is 0.0713. The number of nitrogens with zero attached hydrogens (tertiary/aromatic N) is 2. The van der Waals surface area contributed by atoms with E-state index in [1.807, 2.05) is 38.1 Å². The Morgan fingerprint density at radius 2 is 1.86 bits per heavy atom. The van der Waals surface area contributed by atoms with Crippen molar-refractivity contribution < 1.29 is 14.5 Å². The Morgan fingerprint density at radius 1 is 1.14 bits per heavy atom. The first-order valence-electron chi connectivity index (χ1n) is 9.17. The van der Waals surface area contributed by atoms with E-state index in [1.54, 1.807) is 0 Å². The van der Waals surface area contributed by atoms with Crippen molar-refractivity contribution >= 4 is 23.1 Å². The smallest absolute Gasteiger partial charge is 0.271 e. The molecule has 0 unspecified atom stereocenters. The number of Topliss-reactive ketones (excluding diaryl/α,β-unsaturated/α-hetero) is 1. The molecule has 1 aromatic heterocycles. The Labute approximate surface area is 173 Å². The van der Waals surface area contributed by atoms with Crippen LogP contribution in [0.25, 0.3) is 0 Å². The van der Waals surface area contributed by atoms with E-state index in [4.69, 9.17) is 16.3 Å². The highest BCUT2D eigenvalue weighted by Gasteiger charge is 2.17. The number of aromatic nitrogens is 1. The molecular weight excluding hydrogens is 392 g/mol. The lowest BCUT2D eigenvalue weighted by molar-refractivity contribution is -0.384. The maximum atomic E-state index is 12.7. The summed E-state index contributed by atoms with van der Waals surface area (Å²) in [7, 11) is 0. The van der Waals surface area contributed by atoms with Crippen molar-refractivity contribution in [3.63, 3.8) is 0 Å². The van der Waals surface area contributed by atoms with E-state index in [0.717, 1.165) is 24.4 Å².